The van der Waals surface area contributed by atoms with Crippen molar-refractivity contribution in [1.29, 1.82) is 0 Å². The van der Waals surface area contributed by atoms with Gasteiger partial charge < -0.3 is 16.0 Å². The van der Waals surface area contributed by atoms with Crippen LogP contribution in [0.3, 0.4) is 0 Å². The number of hydrogen-bond donors (Lipinski definition) is 3. The molecular formula is C16H16FN3O2. The van der Waals surface area contributed by atoms with Crippen LogP contribution in [-0.2, 0) is 4.79 Å². The molecule has 114 valence electrons. The molecule has 6 heteroatoms. The van der Waals surface area contributed by atoms with Gasteiger partial charge in [0.1, 0.15) is 5.82 Å². The van der Waals surface area contributed by atoms with Crippen LogP contribution in [0.2, 0.25) is 0 Å². The molecule has 3 amide bonds. The highest BCUT2D eigenvalue weighted by atomic mass is 19.1. The Labute approximate surface area is 127 Å². The molecule has 2 aromatic rings. The first-order valence-corrected chi connectivity index (χ1v) is 6.70. The third-order valence-electron chi connectivity index (χ3n) is 2.83. The monoisotopic (exact) mass is 301 g/mol. The molecule has 2 aromatic carbocycles. The molecule has 5 nitrogen and oxygen atoms in total. The molecule has 0 aliphatic rings. The Hall–Kier alpha value is -2.89. The molecule has 0 saturated heterocycles. The highest BCUT2D eigenvalue weighted by molar-refractivity contribution is 5.97. The minimum absolute atomic E-state index is 0.0547. The van der Waals surface area contributed by atoms with E-state index in [0.717, 1.165) is 5.56 Å². The number of para-hydroxylation sites is 1. The van der Waals surface area contributed by atoms with E-state index in [1.54, 1.807) is 12.1 Å². The number of carbonyl (C=O) groups is 2. The van der Waals surface area contributed by atoms with E-state index in [1.807, 2.05) is 25.1 Å². The maximum Gasteiger partial charge on any atom is 0.319 e. The van der Waals surface area contributed by atoms with E-state index in [4.69, 9.17) is 0 Å². The first-order valence-electron chi connectivity index (χ1n) is 6.70. The van der Waals surface area contributed by atoms with Crippen LogP contribution in [0.15, 0.2) is 48.5 Å². The van der Waals surface area contributed by atoms with Gasteiger partial charge in [0.05, 0.1) is 12.2 Å². The maximum atomic E-state index is 13.4. The number of benzene rings is 2. The molecule has 0 fully saturated rings. The lowest BCUT2D eigenvalue weighted by molar-refractivity contribution is -0.115. The van der Waals surface area contributed by atoms with E-state index in [-0.39, 0.29) is 18.1 Å². The summed E-state index contributed by atoms with van der Waals surface area (Å²) in [7, 11) is 0. The zero-order valence-electron chi connectivity index (χ0n) is 12.0. The van der Waals surface area contributed by atoms with Gasteiger partial charge >= 0.3 is 6.03 Å². The Morgan fingerprint density at radius 2 is 1.82 bits per heavy atom. The number of nitrogens with one attached hydrogen (secondary N) is 3. The van der Waals surface area contributed by atoms with Gasteiger partial charge in [-0.2, -0.15) is 0 Å². The molecule has 0 aliphatic heterocycles. The molecule has 0 spiro atoms. The Kier molecular flexibility index (Phi) is 5.08. The summed E-state index contributed by atoms with van der Waals surface area (Å²) in [4.78, 5) is 23.3. The van der Waals surface area contributed by atoms with Gasteiger partial charge in [0.25, 0.3) is 0 Å². The van der Waals surface area contributed by atoms with Crippen LogP contribution in [0.1, 0.15) is 5.56 Å². The molecule has 0 aromatic heterocycles. The first-order chi connectivity index (χ1) is 10.5. The molecule has 2 rings (SSSR count). The van der Waals surface area contributed by atoms with Crippen LogP contribution >= 0.6 is 0 Å². The highest BCUT2D eigenvalue weighted by Gasteiger charge is 2.08. The predicted molar refractivity (Wildman–Crippen MR) is 83.2 cm³/mol. The lowest BCUT2D eigenvalue weighted by Crippen LogP contribution is -2.36. The van der Waals surface area contributed by atoms with Crippen molar-refractivity contribution in [2.24, 2.45) is 0 Å². The van der Waals surface area contributed by atoms with E-state index in [0.29, 0.717) is 5.69 Å². The van der Waals surface area contributed by atoms with E-state index in [9.17, 15) is 14.0 Å². The van der Waals surface area contributed by atoms with Crippen LogP contribution in [0.4, 0.5) is 20.6 Å². The van der Waals surface area contributed by atoms with Crippen molar-refractivity contribution >= 4 is 23.3 Å². The van der Waals surface area contributed by atoms with Crippen molar-refractivity contribution in [2.45, 2.75) is 6.92 Å². The van der Waals surface area contributed by atoms with Gasteiger partial charge in [-0.1, -0.05) is 24.3 Å². The summed E-state index contributed by atoms with van der Waals surface area (Å²) >= 11 is 0. The Morgan fingerprint density at radius 1 is 1.05 bits per heavy atom. The molecule has 0 aliphatic carbocycles. The summed E-state index contributed by atoms with van der Waals surface area (Å²) < 4.78 is 13.4. The van der Waals surface area contributed by atoms with Gasteiger partial charge in [-0.05, 0) is 36.8 Å². The van der Waals surface area contributed by atoms with Gasteiger partial charge in [-0.3, -0.25) is 4.79 Å². The molecule has 3 N–H and O–H groups in total. The minimum atomic E-state index is -0.649. The average Bonchev–Trinajstić information content (AvgIpc) is 2.48. The summed E-state index contributed by atoms with van der Waals surface area (Å²) in [5.41, 5.74) is 1.73. The van der Waals surface area contributed by atoms with Crippen molar-refractivity contribution in [2.75, 3.05) is 17.2 Å². The Bertz CT molecular complexity index is 689. The van der Waals surface area contributed by atoms with Gasteiger partial charge in [-0.15, -0.1) is 0 Å². The van der Waals surface area contributed by atoms with Crippen molar-refractivity contribution in [3.8, 4) is 0 Å². The summed E-state index contributed by atoms with van der Waals surface area (Å²) in [6.45, 7) is 1.70. The molecule has 0 heterocycles. The number of halogens is 1. The fraction of sp³-hybridized carbons (Fsp3) is 0.125. The lowest BCUT2D eigenvalue weighted by Gasteiger charge is -2.09. The third kappa shape index (κ3) is 4.59. The number of urea groups is 1. The number of anilines is 2. The van der Waals surface area contributed by atoms with E-state index >= 15 is 0 Å². The highest BCUT2D eigenvalue weighted by Crippen LogP contribution is 2.12. The molecular weight excluding hydrogens is 285 g/mol. The number of carbonyl (C=O) groups excluding carboxylic acids is 2. The largest absolute Gasteiger partial charge is 0.329 e. The van der Waals surface area contributed by atoms with Crippen LogP contribution in [0.5, 0.6) is 0 Å². The number of hydrogen-bond acceptors (Lipinski definition) is 2. The second-order valence-electron chi connectivity index (χ2n) is 4.71. The number of rotatable bonds is 4. The lowest BCUT2D eigenvalue weighted by atomic mass is 10.2. The summed E-state index contributed by atoms with van der Waals surface area (Å²) in [6, 6.07) is 12.4. The van der Waals surface area contributed by atoms with Crippen molar-refractivity contribution < 1.29 is 14.0 Å². The van der Waals surface area contributed by atoms with E-state index < -0.39 is 11.8 Å². The van der Waals surface area contributed by atoms with Crippen molar-refractivity contribution in [1.82, 2.24) is 5.32 Å². The van der Waals surface area contributed by atoms with E-state index in [1.165, 1.54) is 18.2 Å². The van der Waals surface area contributed by atoms with Crippen molar-refractivity contribution in [3.05, 3.63) is 59.9 Å². The van der Waals surface area contributed by atoms with Crippen LogP contribution in [-0.4, -0.2) is 18.5 Å². The Morgan fingerprint density at radius 3 is 2.55 bits per heavy atom. The first kappa shape index (κ1) is 15.5. The van der Waals surface area contributed by atoms with Gasteiger partial charge in [0, 0.05) is 5.69 Å². The topological polar surface area (TPSA) is 70.2 Å². The molecule has 0 unspecified atom stereocenters. The standard InChI is InChI=1S/C16H16FN3O2/c1-11-5-4-6-12(9-11)19-15(21)10-18-16(22)20-14-8-3-2-7-13(14)17/h2-9H,10H2,1H3,(H,19,21)(H2,18,20,22). The second-order valence-corrected chi connectivity index (χ2v) is 4.71. The molecule has 22 heavy (non-hydrogen) atoms. The molecule has 0 radical (unpaired) electrons. The maximum absolute atomic E-state index is 13.4. The zero-order chi connectivity index (χ0) is 15.9. The Balaban J connectivity index is 1.81. The van der Waals surface area contributed by atoms with Crippen LogP contribution in [0, 0.1) is 12.7 Å². The second kappa shape index (κ2) is 7.21. The quantitative estimate of drug-likeness (QED) is 0.812. The summed E-state index contributed by atoms with van der Waals surface area (Å²) in [5, 5.41) is 7.36. The zero-order valence-corrected chi connectivity index (χ0v) is 12.0. The fourth-order valence-corrected chi connectivity index (χ4v) is 1.82. The number of aryl methyl sites for hydroxylation is 1. The van der Waals surface area contributed by atoms with Crippen LogP contribution < -0.4 is 16.0 Å². The predicted octanol–water partition coefficient (Wildman–Crippen LogP) is 2.89. The summed E-state index contributed by atoms with van der Waals surface area (Å²) in [6.07, 6.45) is 0. The normalized spacial score (nSPS) is 9.91. The minimum Gasteiger partial charge on any atom is -0.329 e. The summed E-state index contributed by atoms with van der Waals surface area (Å²) in [5.74, 6) is -0.906. The fourth-order valence-electron chi connectivity index (χ4n) is 1.82. The van der Waals surface area contributed by atoms with Crippen molar-refractivity contribution in [3.63, 3.8) is 0 Å². The van der Waals surface area contributed by atoms with E-state index in [2.05, 4.69) is 16.0 Å². The third-order valence-corrected chi connectivity index (χ3v) is 2.83. The van der Waals surface area contributed by atoms with Crippen LogP contribution in [0.25, 0.3) is 0 Å². The van der Waals surface area contributed by atoms with Gasteiger partial charge in [-0.25, -0.2) is 9.18 Å². The smallest absolute Gasteiger partial charge is 0.319 e. The van der Waals surface area contributed by atoms with Gasteiger partial charge in [0.15, 0.2) is 0 Å². The molecule has 0 atom stereocenters. The van der Waals surface area contributed by atoms with Gasteiger partial charge in [0.2, 0.25) is 5.91 Å². The molecule has 0 saturated carbocycles. The number of amides is 3. The average molecular weight is 301 g/mol. The SMILES string of the molecule is Cc1cccc(NC(=O)CNC(=O)Nc2ccccc2F)c1. The molecule has 0 bridgehead atoms.